The van der Waals surface area contributed by atoms with Crippen LogP contribution in [0.3, 0.4) is 0 Å². The molecule has 0 saturated heterocycles. The predicted molar refractivity (Wildman–Crippen MR) is 69.2 cm³/mol. The Hall–Kier alpha value is -2.53. The number of halogens is 6. The average molecular weight is 355 g/mol. The van der Waals surface area contributed by atoms with Crippen molar-refractivity contribution < 1.29 is 31.1 Å². The summed E-state index contributed by atoms with van der Waals surface area (Å²) in [6, 6.07) is 5.80. The van der Waals surface area contributed by atoms with Crippen molar-refractivity contribution in [2.45, 2.75) is 25.4 Å². The molecule has 1 heterocycles. The zero-order valence-electron chi connectivity index (χ0n) is 11.9. The summed E-state index contributed by atoms with van der Waals surface area (Å²) >= 11 is 0. The highest BCUT2D eigenvalue weighted by Gasteiger charge is 2.30. The number of hydrogen-bond acceptors (Lipinski definition) is 5. The van der Waals surface area contributed by atoms with Crippen LogP contribution < -0.4 is 10.1 Å². The van der Waals surface area contributed by atoms with Crippen molar-refractivity contribution in [3.05, 3.63) is 30.1 Å². The van der Waals surface area contributed by atoms with Crippen LogP contribution in [0.15, 0.2) is 24.3 Å². The normalized spacial score (nSPS) is 12.2. The maximum Gasteiger partial charge on any atom is 0.422 e. The maximum atomic E-state index is 12.2. The molecule has 12 heteroatoms. The molecule has 1 aromatic carbocycles. The van der Waals surface area contributed by atoms with Crippen LogP contribution in [-0.2, 0) is 13.1 Å². The van der Waals surface area contributed by atoms with Crippen LogP contribution in [0.25, 0.3) is 0 Å². The van der Waals surface area contributed by atoms with Gasteiger partial charge < -0.3 is 10.1 Å². The Morgan fingerprint density at radius 2 is 1.75 bits per heavy atom. The van der Waals surface area contributed by atoms with Crippen molar-refractivity contribution in [2.75, 3.05) is 11.9 Å². The number of nitrogens with zero attached hydrogens (tertiary/aromatic N) is 4. The molecular weight excluding hydrogens is 344 g/mol. The Morgan fingerprint density at radius 1 is 1.04 bits per heavy atom. The van der Waals surface area contributed by atoms with Crippen LogP contribution in [0.4, 0.5) is 32.0 Å². The van der Waals surface area contributed by atoms with E-state index in [2.05, 4.69) is 25.5 Å². The van der Waals surface area contributed by atoms with Crippen LogP contribution in [0, 0.1) is 0 Å². The van der Waals surface area contributed by atoms with Crippen LogP contribution in [0.2, 0.25) is 0 Å². The molecule has 0 unspecified atom stereocenters. The Labute approximate surface area is 131 Å². The first-order valence-corrected chi connectivity index (χ1v) is 6.48. The van der Waals surface area contributed by atoms with Gasteiger partial charge in [0.15, 0.2) is 19.0 Å². The van der Waals surface area contributed by atoms with Crippen molar-refractivity contribution in [3.8, 4) is 5.75 Å². The first-order chi connectivity index (χ1) is 11.1. The average Bonchev–Trinajstić information content (AvgIpc) is 2.88. The van der Waals surface area contributed by atoms with Gasteiger partial charge in [-0.1, -0.05) is 12.1 Å². The number of nitrogens with one attached hydrogen (secondary N) is 1. The monoisotopic (exact) mass is 355 g/mol. The van der Waals surface area contributed by atoms with E-state index in [0.29, 0.717) is 4.80 Å². The predicted octanol–water partition coefficient (Wildman–Crippen LogP) is 2.79. The number of para-hydroxylation sites is 2. The smallest absolute Gasteiger partial charge is 0.422 e. The van der Waals surface area contributed by atoms with Crippen molar-refractivity contribution in [3.63, 3.8) is 0 Å². The zero-order chi connectivity index (χ0) is 17.8. The van der Waals surface area contributed by atoms with E-state index >= 15 is 0 Å². The minimum absolute atomic E-state index is 0.0510. The SMILES string of the molecule is FC(F)(F)COc1ccccc1NCc1nnn(CC(F)(F)F)n1. The number of alkyl halides is 6. The minimum atomic E-state index is -4.49. The second-order valence-electron chi connectivity index (χ2n) is 4.60. The van der Waals surface area contributed by atoms with E-state index in [9.17, 15) is 26.3 Å². The van der Waals surface area contributed by atoms with Gasteiger partial charge in [-0.05, 0) is 17.3 Å². The number of aromatic nitrogens is 4. The molecule has 2 aromatic rings. The Bertz CT molecular complexity index is 668. The molecule has 0 radical (unpaired) electrons. The van der Waals surface area contributed by atoms with Crippen molar-refractivity contribution >= 4 is 5.69 Å². The van der Waals surface area contributed by atoms with Gasteiger partial charge in [-0.2, -0.15) is 31.1 Å². The van der Waals surface area contributed by atoms with Gasteiger partial charge in [0.05, 0.1) is 12.2 Å². The first-order valence-electron chi connectivity index (χ1n) is 6.48. The Morgan fingerprint density at radius 3 is 2.42 bits per heavy atom. The third-order valence-electron chi connectivity index (χ3n) is 2.53. The second kappa shape index (κ2) is 6.93. The number of ether oxygens (including phenoxy) is 1. The first kappa shape index (κ1) is 17.8. The van der Waals surface area contributed by atoms with Gasteiger partial charge in [-0.15, -0.1) is 10.2 Å². The number of tetrazole rings is 1. The Kier molecular flexibility index (Phi) is 5.14. The van der Waals surface area contributed by atoms with Gasteiger partial charge in [0.25, 0.3) is 0 Å². The fourth-order valence-corrected chi connectivity index (χ4v) is 1.65. The van der Waals surface area contributed by atoms with Crippen molar-refractivity contribution in [1.82, 2.24) is 20.2 Å². The molecule has 0 atom stereocenters. The molecule has 1 N–H and O–H groups in total. The van der Waals surface area contributed by atoms with E-state index in [0.717, 1.165) is 0 Å². The number of benzene rings is 1. The summed E-state index contributed by atoms with van der Waals surface area (Å²) in [4.78, 5) is 0.378. The molecule has 2 rings (SSSR count). The quantitative estimate of drug-likeness (QED) is 0.808. The number of anilines is 1. The summed E-state index contributed by atoms with van der Waals surface area (Å²) in [5.74, 6) is -0.109. The molecule has 0 aliphatic heterocycles. The molecule has 6 nitrogen and oxygen atoms in total. The van der Waals surface area contributed by atoms with E-state index in [1.54, 1.807) is 6.07 Å². The lowest BCUT2D eigenvalue weighted by Crippen LogP contribution is -2.20. The van der Waals surface area contributed by atoms with Crippen molar-refractivity contribution in [2.24, 2.45) is 0 Å². The third kappa shape index (κ3) is 5.93. The molecule has 0 saturated carbocycles. The summed E-state index contributed by atoms with van der Waals surface area (Å²) in [6.45, 7) is -2.98. The highest BCUT2D eigenvalue weighted by atomic mass is 19.4. The molecule has 0 aliphatic rings. The Balaban J connectivity index is 1.97. The minimum Gasteiger partial charge on any atom is -0.482 e. The standard InChI is InChI=1S/C12H11F6N5O/c13-11(14,15)6-23-21-10(20-22-23)5-19-8-3-1-2-4-9(8)24-7-12(16,17)18/h1-4,19H,5-7H2. The lowest BCUT2D eigenvalue weighted by Gasteiger charge is -2.13. The molecule has 0 amide bonds. The van der Waals surface area contributed by atoms with Crippen LogP contribution >= 0.6 is 0 Å². The summed E-state index contributed by atoms with van der Waals surface area (Å²) in [5, 5.41) is 12.9. The number of rotatable bonds is 6. The summed E-state index contributed by atoms with van der Waals surface area (Å²) in [7, 11) is 0. The van der Waals surface area contributed by atoms with Gasteiger partial charge in [0.1, 0.15) is 5.75 Å². The van der Waals surface area contributed by atoms with Gasteiger partial charge in [-0.3, -0.25) is 0 Å². The van der Waals surface area contributed by atoms with Gasteiger partial charge >= 0.3 is 12.4 Å². The molecule has 0 bridgehead atoms. The molecule has 0 fully saturated rings. The maximum absolute atomic E-state index is 12.2. The lowest BCUT2D eigenvalue weighted by atomic mass is 10.3. The van der Waals surface area contributed by atoms with Gasteiger partial charge in [-0.25, -0.2) is 0 Å². The lowest BCUT2D eigenvalue weighted by molar-refractivity contribution is -0.153. The highest BCUT2D eigenvalue weighted by molar-refractivity contribution is 5.56. The number of hydrogen-bond donors (Lipinski definition) is 1. The highest BCUT2D eigenvalue weighted by Crippen LogP contribution is 2.26. The largest absolute Gasteiger partial charge is 0.482 e. The van der Waals surface area contributed by atoms with E-state index in [1.165, 1.54) is 18.2 Å². The fourth-order valence-electron chi connectivity index (χ4n) is 1.65. The van der Waals surface area contributed by atoms with Crippen molar-refractivity contribution in [1.29, 1.82) is 0 Å². The zero-order valence-corrected chi connectivity index (χ0v) is 11.9. The molecule has 132 valence electrons. The van der Waals surface area contributed by atoms with E-state index in [4.69, 9.17) is 0 Å². The molecule has 1 aromatic heterocycles. The fraction of sp³-hybridized carbons (Fsp3) is 0.417. The van der Waals surface area contributed by atoms with Gasteiger partial charge in [0.2, 0.25) is 0 Å². The molecule has 0 spiro atoms. The summed E-state index contributed by atoms with van der Waals surface area (Å²) in [5.41, 5.74) is 0.217. The van der Waals surface area contributed by atoms with Crippen LogP contribution in [0.5, 0.6) is 5.75 Å². The van der Waals surface area contributed by atoms with Crippen LogP contribution in [-0.4, -0.2) is 39.2 Å². The van der Waals surface area contributed by atoms with Gasteiger partial charge in [0, 0.05) is 0 Å². The molecule has 24 heavy (non-hydrogen) atoms. The molecule has 0 aliphatic carbocycles. The van der Waals surface area contributed by atoms with E-state index in [-0.39, 0.29) is 23.8 Å². The third-order valence-corrected chi connectivity index (χ3v) is 2.53. The summed E-state index contributed by atoms with van der Waals surface area (Å²) in [6.07, 6.45) is -8.97. The van der Waals surface area contributed by atoms with E-state index in [1.807, 2.05) is 0 Å². The summed E-state index contributed by atoms with van der Waals surface area (Å²) < 4.78 is 77.8. The molecular formula is C12H11F6N5O. The topological polar surface area (TPSA) is 64.9 Å². The van der Waals surface area contributed by atoms with Crippen LogP contribution in [0.1, 0.15) is 5.82 Å². The second-order valence-corrected chi connectivity index (χ2v) is 4.60. The van der Waals surface area contributed by atoms with E-state index < -0.39 is 25.5 Å².